The number of hydrogen-bond acceptors (Lipinski definition) is 1. The van der Waals surface area contributed by atoms with E-state index in [-0.39, 0.29) is 0 Å². The quantitative estimate of drug-likeness (QED) is 0.659. The summed E-state index contributed by atoms with van der Waals surface area (Å²) in [5.41, 5.74) is 3.53. The van der Waals surface area contributed by atoms with Crippen LogP contribution in [0.15, 0.2) is 12.1 Å². The van der Waals surface area contributed by atoms with Gasteiger partial charge in [-0.3, -0.25) is 0 Å². The Kier molecular flexibility index (Phi) is 5.84. The number of alkyl halides is 1. The number of aryl methyl sites for hydroxylation is 2. The Morgan fingerprint density at radius 3 is 2.29 bits per heavy atom. The third-order valence-electron chi connectivity index (χ3n) is 2.97. The van der Waals surface area contributed by atoms with Crippen LogP contribution in [0.25, 0.3) is 0 Å². The van der Waals surface area contributed by atoms with E-state index < -0.39 is 0 Å². The summed E-state index contributed by atoms with van der Waals surface area (Å²) in [6.07, 6.45) is 2.44. The molecule has 96 valence electrons. The van der Waals surface area contributed by atoms with Gasteiger partial charge in [0.2, 0.25) is 0 Å². The maximum Gasteiger partial charge on any atom is 0.125 e. The molecule has 1 aromatic carbocycles. The molecule has 1 unspecified atom stereocenters. The fourth-order valence-corrected chi connectivity index (χ4v) is 2.30. The molecule has 1 atom stereocenters. The molecular formula is C15H23ClO. The topological polar surface area (TPSA) is 9.23 Å². The lowest BCUT2D eigenvalue weighted by molar-refractivity contribution is 0.248. The minimum absolute atomic E-state index is 0.564. The SMILES string of the molecule is CCCC(C)COc1c(C)cc(CCl)cc1C. The predicted octanol–water partition coefficient (Wildman–Crippen LogP) is 4.86. The molecule has 0 radical (unpaired) electrons. The molecule has 1 nitrogen and oxygen atoms in total. The molecule has 0 aromatic heterocycles. The van der Waals surface area contributed by atoms with Crippen LogP contribution in [0.1, 0.15) is 43.4 Å². The zero-order valence-electron chi connectivity index (χ0n) is 11.3. The molecule has 2 heteroatoms. The van der Waals surface area contributed by atoms with Gasteiger partial charge in [0, 0.05) is 5.88 Å². The van der Waals surface area contributed by atoms with Gasteiger partial charge in [0.15, 0.2) is 0 Å². The third-order valence-corrected chi connectivity index (χ3v) is 3.28. The third kappa shape index (κ3) is 4.23. The summed E-state index contributed by atoms with van der Waals surface area (Å²) >= 11 is 5.85. The Bertz CT molecular complexity index is 337. The highest BCUT2D eigenvalue weighted by molar-refractivity contribution is 6.17. The van der Waals surface area contributed by atoms with E-state index in [1.165, 1.54) is 24.0 Å². The second-order valence-corrected chi connectivity index (χ2v) is 5.16. The van der Waals surface area contributed by atoms with Crippen LogP contribution < -0.4 is 4.74 Å². The molecule has 0 heterocycles. The van der Waals surface area contributed by atoms with Crippen molar-refractivity contribution in [2.24, 2.45) is 5.92 Å². The van der Waals surface area contributed by atoms with Crippen molar-refractivity contribution < 1.29 is 4.74 Å². The van der Waals surface area contributed by atoms with E-state index >= 15 is 0 Å². The molecule has 0 amide bonds. The first-order valence-electron chi connectivity index (χ1n) is 6.37. The summed E-state index contributed by atoms with van der Waals surface area (Å²) < 4.78 is 5.94. The standard InChI is InChI=1S/C15H23ClO/c1-5-6-11(2)10-17-15-12(3)7-14(9-16)8-13(15)4/h7-8,11H,5-6,9-10H2,1-4H3. The Morgan fingerprint density at radius 2 is 1.82 bits per heavy atom. The maximum atomic E-state index is 5.94. The van der Waals surface area contributed by atoms with Gasteiger partial charge in [0.25, 0.3) is 0 Å². The summed E-state index contributed by atoms with van der Waals surface area (Å²) in [4.78, 5) is 0. The second-order valence-electron chi connectivity index (χ2n) is 4.90. The molecule has 0 aliphatic rings. The molecule has 1 rings (SSSR count). The summed E-state index contributed by atoms with van der Waals surface area (Å²) in [6.45, 7) is 9.42. The number of rotatable bonds is 6. The zero-order chi connectivity index (χ0) is 12.8. The van der Waals surface area contributed by atoms with Gasteiger partial charge < -0.3 is 4.74 Å². The van der Waals surface area contributed by atoms with E-state index in [0.717, 1.165) is 17.9 Å². The van der Waals surface area contributed by atoms with E-state index in [0.29, 0.717) is 11.8 Å². The van der Waals surface area contributed by atoms with Crippen LogP contribution in [-0.2, 0) is 5.88 Å². The Labute approximate surface area is 110 Å². The van der Waals surface area contributed by atoms with Crippen molar-refractivity contribution in [3.63, 3.8) is 0 Å². The Morgan fingerprint density at radius 1 is 1.24 bits per heavy atom. The lowest BCUT2D eigenvalue weighted by atomic mass is 10.1. The van der Waals surface area contributed by atoms with E-state index in [4.69, 9.17) is 16.3 Å². The second kappa shape index (κ2) is 6.90. The van der Waals surface area contributed by atoms with Crippen molar-refractivity contribution in [3.8, 4) is 5.75 Å². The summed E-state index contributed by atoms with van der Waals surface area (Å²) in [5.74, 6) is 2.21. The van der Waals surface area contributed by atoms with Crippen LogP contribution in [0.4, 0.5) is 0 Å². The minimum atomic E-state index is 0.564. The van der Waals surface area contributed by atoms with Gasteiger partial charge in [-0.05, 0) is 42.9 Å². The first kappa shape index (κ1) is 14.4. The highest BCUT2D eigenvalue weighted by atomic mass is 35.5. The number of halogens is 1. The van der Waals surface area contributed by atoms with E-state index in [2.05, 4.69) is 39.8 Å². The van der Waals surface area contributed by atoms with E-state index in [9.17, 15) is 0 Å². The van der Waals surface area contributed by atoms with Crippen molar-refractivity contribution in [1.82, 2.24) is 0 Å². The molecule has 0 aliphatic heterocycles. The van der Waals surface area contributed by atoms with Crippen LogP contribution >= 0.6 is 11.6 Å². The normalized spacial score (nSPS) is 12.5. The Hall–Kier alpha value is -0.690. The largest absolute Gasteiger partial charge is 0.493 e. The fraction of sp³-hybridized carbons (Fsp3) is 0.600. The number of hydrogen-bond donors (Lipinski definition) is 0. The van der Waals surface area contributed by atoms with Gasteiger partial charge in [-0.1, -0.05) is 32.4 Å². The Balaban J connectivity index is 2.71. The summed E-state index contributed by atoms with van der Waals surface area (Å²) in [5, 5.41) is 0. The average molecular weight is 255 g/mol. The highest BCUT2D eigenvalue weighted by Crippen LogP contribution is 2.26. The molecule has 0 N–H and O–H groups in total. The minimum Gasteiger partial charge on any atom is -0.493 e. The van der Waals surface area contributed by atoms with Crippen molar-refractivity contribution in [1.29, 1.82) is 0 Å². The molecule has 0 spiro atoms. The van der Waals surface area contributed by atoms with Gasteiger partial charge in [0.1, 0.15) is 5.75 Å². The van der Waals surface area contributed by atoms with Crippen molar-refractivity contribution in [2.75, 3.05) is 6.61 Å². The fourth-order valence-electron chi connectivity index (χ4n) is 2.15. The van der Waals surface area contributed by atoms with Gasteiger partial charge in [0.05, 0.1) is 6.61 Å². The van der Waals surface area contributed by atoms with Crippen LogP contribution in [0.2, 0.25) is 0 Å². The molecule has 0 bridgehead atoms. The molecule has 0 saturated carbocycles. The van der Waals surface area contributed by atoms with Crippen LogP contribution in [-0.4, -0.2) is 6.61 Å². The molecule has 0 saturated heterocycles. The monoisotopic (exact) mass is 254 g/mol. The van der Waals surface area contributed by atoms with E-state index in [1.807, 2.05) is 0 Å². The molecule has 17 heavy (non-hydrogen) atoms. The van der Waals surface area contributed by atoms with Crippen molar-refractivity contribution >= 4 is 11.6 Å². The lowest BCUT2D eigenvalue weighted by Crippen LogP contribution is -2.09. The zero-order valence-corrected chi connectivity index (χ0v) is 12.1. The average Bonchev–Trinajstić information content (AvgIpc) is 2.28. The van der Waals surface area contributed by atoms with Gasteiger partial charge >= 0.3 is 0 Å². The maximum absolute atomic E-state index is 5.94. The predicted molar refractivity (Wildman–Crippen MR) is 75.0 cm³/mol. The van der Waals surface area contributed by atoms with Crippen LogP contribution in [0.3, 0.4) is 0 Å². The first-order valence-corrected chi connectivity index (χ1v) is 6.90. The van der Waals surface area contributed by atoms with Crippen molar-refractivity contribution in [3.05, 3.63) is 28.8 Å². The lowest BCUT2D eigenvalue weighted by Gasteiger charge is -2.16. The van der Waals surface area contributed by atoms with Gasteiger partial charge in [-0.15, -0.1) is 11.6 Å². The molecule has 0 aliphatic carbocycles. The van der Waals surface area contributed by atoms with Crippen LogP contribution in [0.5, 0.6) is 5.75 Å². The van der Waals surface area contributed by atoms with Crippen molar-refractivity contribution in [2.45, 2.75) is 46.4 Å². The smallest absolute Gasteiger partial charge is 0.125 e. The number of ether oxygens (including phenoxy) is 1. The first-order chi connectivity index (χ1) is 8.08. The summed E-state index contributed by atoms with van der Waals surface area (Å²) in [7, 11) is 0. The van der Waals surface area contributed by atoms with Gasteiger partial charge in [-0.2, -0.15) is 0 Å². The van der Waals surface area contributed by atoms with E-state index in [1.54, 1.807) is 0 Å². The van der Waals surface area contributed by atoms with Crippen LogP contribution in [0, 0.1) is 19.8 Å². The highest BCUT2D eigenvalue weighted by Gasteiger charge is 2.08. The summed E-state index contributed by atoms with van der Waals surface area (Å²) in [6, 6.07) is 4.22. The van der Waals surface area contributed by atoms with Gasteiger partial charge in [-0.25, -0.2) is 0 Å². The number of benzene rings is 1. The molecule has 1 aromatic rings. The molecule has 0 fully saturated rings. The molecular weight excluding hydrogens is 232 g/mol.